The zero-order chi connectivity index (χ0) is 10.7. The second-order valence-electron chi connectivity index (χ2n) is 6.21. The third-order valence-corrected chi connectivity index (χ3v) is 5.03. The first-order valence-corrected chi connectivity index (χ1v) is 7.04. The highest BCUT2D eigenvalue weighted by Crippen LogP contribution is 2.33. The van der Waals surface area contributed by atoms with E-state index >= 15 is 0 Å². The molecule has 0 saturated heterocycles. The first kappa shape index (κ1) is 14.0. The quantitative estimate of drug-likeness (QED) is 0.663. The Morgan fingerprint density at radius 3 is 1.25 bits per heavy atom. The first-order valence-electron chi connectivity index (χ1n) is 7.04. The molecular formula is C14H29NO. The smallest absolute Gasteiger partial charge is 0.0888 e. The molecule has 96 valence electrons. The highest BCUT2D eigenvalue weighted by molar-refractivity contribution is 4.72. The Balaban J connectivity index is 0.00000128. The molecule has 0 heterocycles. The molecule has 2 fully saturated rings. The Morgan fingerprint density at radius 2 is 0.938 bits per heavy atom. The molecule has 2 aliphatic carbocycles. The molecular weight excluding hydrogens is 198 g/mol. The number of quaternary nitrogens is 1. The van der Waals surface area contributed by atoms with E-state index in [0.717, 1.165) is 12.1 Å². The first-order chi connectivity index (χ1) is 7.21. The Kier molecular flexibility index (Phi) is 5.26. The fraction of sp³-hybridized carbons (Fsp3) is 1.00. The van der Waals surface area contributed by atoms with Crippen LogP contribution in [0.2, 0.25) is 0 Å². The molecule has 2 nitrogen and oxygen atoms in total. The van der Waals surface area contributed by atoms with Gasteiger partial charge in [-0.1, -0.05) is 12.8 Å². The number of hydrogen-bond acceptors (Lipinski definition) is 1. The number of nitrogens with zero attached hydrogens (tertiary/aromatic N) is 1. The van der Waals surface area contributed by atoms with Crippen molar-refractivity contribution in [2.75, 3.05) is 14.1 Å². The predicted octanol–water partition coefficient (Wildman–Crippen LogP) is 3.55. The van der Waals surface area contributed by atoms with Crippen LogP contribution in [0, 0.1) is 0 Å². The Bertz CT molecular complexity index is 171. The van der Waals surface area contributed by atoms with Crippen LogP contribution >= 0.6 is 0 Å². The summed E-state index contributed by atoms with van der Waals surface area (Å²) in [7, 11) is 5.01. The summed E-state index contributed by atoms with van der Waals surface area (Å²) >= 11 is 0. The van der Waals surface area contributed by atoms with Crippen LogP contribution in [-0.2, 0) is 0 Å². The summed E-state index contributed by atoms with van der Waals surface area (Å²) in [5, 5.41) is 0. The molecule has 0 radical (unpaired) electrons. The largest absolute Gasteiger partial charge is 0.870 e. The minimum Gasteiger partial charge on any atom is -0.870 e. The normalized spacial score (nSPS) is 25.1. The van der Waals surface area contributed by atoms with Crippen molar-refractivity contribution in [2.24, 2.45) is 0 Å². The van der Waals surface area contributed by atoms with Gasteiger partial charge in [-0.05, 0) is 51.4 Å². The topological polar surface area (TPSA) is 30.0 Å². The number of hydrogen-bond donors (Lipinski definition) is 0. The van der Waals surface area contributed by atoms with E-state index in [0.29, 0.717) is 0 Å². The molecule has 2 aliphatic rings. The summed E-state index contributed by atoms with van der Waals surface area (Å²) < 4.78 is 1.33. The van der Waals surface area contributed by atoms with Gasteiger partial charge >= 0.3 is 0 Å². The number of rotatable bonds is 2. The van der Waals surface area contributed by atoms with Gasteiger partial charge in [0.15, 0.2) is 0 Å². The van der Waals surface area contributed by atoms with E-state index in [9.17, 15) is 0 Å². The lowest BCUT2D eigenvalue weighted by Gasteiger charge is -2.47. The molecule has 0 aliphatic heterocycles. The highest BCUT2D eigenvalue weighted by Gasteiger charge is 2.37. The zero-order valence-electron chi connectivity index (χ0n) is 11.1. The maximum atomic E-state index is 2.51. The molecule has 16 heavy (non-hydrogen) atoms. The summed E-state index contributed by atoms with van der Waals surface area (Å²) in [4.78, 5) is 0. The van der Waals surface area contributed by atoms with Crippen molar-refractivity contribution < 1.29 is 9.96 Å². The average molecular weight is 227 g/mol. The van der Waals surface area contributed by atoms with Crippen LogP contribution in [0.4, 0.5) is 0 Å². The monoisotopic (exact) mass is 227 g/mol. The van der Waals surface area contributed by atoms with Crippen molar-refractivity contribution in [3.63, 3.8) is 0 Å². The maximum Gasteiger partial charge on any atom is 0.0888 e. The fourth-order valence-corrected chi connectivity index (χ4v) is 3.79. The Labute approximate surface area is 101 Å². The SMILES string of the molecule is C[N+](C)(C1CCCCC1)C1CCCCC1.[OH-]. The van der Waals surface area contributed by atoms with Gasteiger partial charge in [0.05, 0.1) is 26.2 Å². The summed E-state index contributed by atoms with van der Waals surface area (Å²) in [6.07, 6.45) is 14.9. The lowest BCUT2D eigenvalue weighted by molar-refractivity contribution is -0.941. The van der Waals surface area contributed by atoms with Gasteiger partial charge in [-0.2, -0.15) is 0 Å². The molecule has 0 aromatic carbocycles. The van der Waals surface area contributed by atoms with E-state index < -0.39 is 0 Å². The zero-order valence-corrected chi connectivity index (χ0v) is 11.1. The fourth-order valence-electron chi connectivity index (χ4n) is 3.79. The van der Waals surface area contributed by atoms with Crippen molar-refractivity contribution >= 4 is 0 Å². The van der Waals surface area contributed by atoms with E-state index in [4.69, 9.17) is 0 Å². The minimum atomic E-state index is 0. The molecule has 0 aromatic rings. The van der Waals surface area contributed by atoms with E-state index in [1.54, 1.807) is 0 Å². The molecule has 2 heteroatoms. The van der Waals surface area contributed by atoms with Crippen LogP contribution in [0.15, 0.2) is 0 Å². The highest BCUT2D eigenvalue weighted by atomic mass is 16.0. The third-order valence-electron chi connectivity index (χ3n) is 5.03. The molecule has 0 bridgehead atoms. The van der Waals surface area contributed by atoms with Crippen molar-refractivity contribution in [3.05, 3.63) is 0 Å². The molecule has 0 aromatic heterocycles. The van der Waals surface area contributed by atoms with Gasteiger partial charge in [0.2, 0.25) is 0 Å². The molecule has 2 rings (SSSR count). The minimum absolute atomic E-state index is 0. The van der Waals surface area contributed by atoms with Gasteiger partial charge in [-0.25, -0.2) is 0 Å². The van der Waals surface area contributed by atoms with Gasteiger partial charge < -0.3 is 9.96 Å². The molecule has 1 N–H and O–H groups in total. The van der Waals surface area contributed by atoms with Crippen molar-refractivity contribution in [1.29, 1.82) is 0 Å². The van der Waals surface area contributed by atoms with Crippen LogP contribution in [-0.4, -0.2) is 36.1 Å². The van der Waals surface area contributed by atoms with E-state index in [1.807, 2.05) is 0 Å². The predicted molar refractivity (Wildman–Crippen MR) is 67.8 cm³/mol. The molecule has 0 amide bonds. The van der Waals surface area contributed by atoms with Crippen molar-refractivity contribution in [3.8, 4) is 0 Å². The van der Waals surface area contributed by atoms with Crippen LogP contribution < -0.4 is 0 Å². The summed E-state index contributed by atoms with van der Waals surface area (Å²) in [5.41, 5.74) is 0. The lowest BCUT2D eigenvalue weighted by atomic mass is 9.87. The van der Waals surface area contributed by atoms with Gasteiger partial charge in [0, 0.05) is 0 Å². The van der Waals surface area contributed by atoms with Crippen molar-refractivity contribution in [1.82, 2.24) is 0 Å². The van der Waals surface area contributed by atoms with Gasteiger partial charge in [-0.15, -0.1) is 0 Å². The molecule has 0 atom stereocenters. The van der Waals surface area contributed by atoms with E-state index in [-0.39, 0.29) is 5.48 Å². The second-order valence-corrected chi connectivity index (χ2v) is 6.21. The van der Waals surface area contributed by atoms with E-state index in [2.05, 4.69) is 14.1 Å². The molecule has 0 unspecified atom stereocenters. The Hall–Kier alpha value is -0.0800. The molecule has 2 saturated carbocycles. The summed E-state index contributed by atoms with van der Waals surface area (Å²) in [6, 6.07) is 1.95. The lowest BCUT2D eigenvalue weighted by Crippen LogP contribution is -2.56. The van der Waals surface area contributed by atoms with Crippen molar-refractivity contribution in [2.45, 2.75) is 76.3 Å². The van der Waals surface area contributed by atoms with Gasteiger partial charge in [-0.3, -0.25) is 0 Å². The van der Waals surface area contributed by atoms with Gasteiger partial charge in [0.25, 0.3) is 0 Å². The summed E-state index contributed by atoms with van der Waals surface area (Å²) in [6.45, 7) is 0. The van der Waals surface area contributed by atoms with E-state index in [1.165, 1.54) is 68.7 Å². The van der Waals surface area contributed by atoms with Gasteiger partial charge in [0.1, 0.15) is 0 Å². The maximum absolute atomic E-state index is 2.51. The Morgan fingerprint density at radius 1 is 0.625 bits per heavy atom. The average Bonchev–Trinajstić information content (AvgIpc) is 2.31. The van der Waals surface area contributed by atoms with Crippen LogP contribution in [0.25, 0.3) is 0 Å². The third kappa shape index (κ3) is 2.98. The van der Waals surface area contributed by atoms with Crippen LogP contribution in [0.1, 0.15) is 64.2 Å². The molecule has 0 spiro atoms. The second kappa shape index (κ2) is 6.02. The standard InChI is InChI=1S/C14H28N.H2O/c1-15(2,13-9-5-3-6-10-13)14-11-7-4-8-12-14;/h13-14H,3-12H2,1-2H3;1H2/q+1;/p-1. The van der Waals surface area contributed by atoms with Crippen LogP contribution in [0.5, 0.6) is 0 Å². The van der Waals surface area contributed by atoms with Crippen LogP contribution in [0.3, 0.4) is 0 Å². The summed E-state index contributed by atoms with van der Waals surface area (Å²) in [5.74, 6) is 0.